The van der Waals surface area contributed by atoms with Crippen molar-refractivity contribution in [3.8, 4) is 5.75 Å². The fraction of sp³-hybridized carbons (Fsp3) is 0.250. The summed E-state index contributed by atoms with van der Waals surface area (Å²) >= 11 is 5.81. The SMILES string of the molecule is CCC(=O)Nc1ccc(OCc2ncc(C(F)(F)F)cc2Cl)cc1. The number of pyridine rings is 1. The molecule has 0 saturated carbocycles. The van der Waals surface area contributed by atoms with E-state index in [0.717, 1.165) is 6.07 Å². The largest absolute Gasteiger partial charge is 0.487 e. The minimum Gasteiger partial charge on any atom is -0.487 e. The molecular formula is C16H14ClF3N2O2. The number of benzene rings is 1. The summed E-state index contributed by atoms with van der Waals surface area (Å²) in [5, 5.41) is 2.57. The first kappa shape index (κ1) is 18.1. The Kier molecular flexibility index (Phi) is 5.66. The van der Waals surface area contributed by atoms with Gasteiger partial charge in [-0.2, -0.15) is 13.2 Å². The van der Waals surface area contributed by atoms with Gasteiger partial charge in [-0.05, 0) is 30.3 Å². The van der Waals surface area contributed by atoms with Crippen molar-refractivity contribution in [3.05, 3.63) is 52.8 Å². The first-order chi connectivity index (χ1) is 11.3. The van der Waals surface area contributed by atoms with Gasteiger partial charge in [0.25, 0.3) is 0 Å². The summed E-state index contributed by atoms with van der Waals surface area (Å²) in [5.41, 5.74) is -0.0832. The number of alkyl halides is 3. The Morgan fingerprint density at radius 3 is 2.50 bits per heavy atom. The van der Waals surface area contributed by atoms with Gasteiger partial charge in [0.05, 0.1) is 16.3 Å². The molecule has 8 heteroatoms. The quantitative estimate of drug-likeness (QED) is 0.844. The van der Waals surface area contributed by atoms with Crippen LogP contribution in [-0.2, 0) is 17.6 Å². The molecule has 0 aliphatic rings. The number of halogens is 4. The van der Waals surface area contributed by atoms with E-state index in [4.69, 9.17) is 16.3 Å². The fourth-order valence-electron chi connectivity index (χ4n) is 1.76. The lowest BCUT2D eigenvalue weighted by atomic mass is 10.2. The Labute approximate surface area is 141 Å². The molecule has 0 bridgehead atoms. The van der Waals surface area contributed by atoms with Crippen LogP contribution >= 0.6 is 11.6 Å². The summed E-state index contributed by atoms with van der Waals surface area (Å²) in [6, 6.07) is 7.39. The molecule has 4 nitrogen and oxygen atoms in total. The van der Waals surface area contributed by atoms with E-state index in [2.05, 4.69) is 10.3 Å². The van der Waals surface area contributed by atoms with E-state index in [9.17, 15) is 18.0 Å². The predicted octanol–water partition coefficient (Wildman–Crippen LogP) is 4.68. The van der Waals surface area contributed by atoms with Gasteiger partial charge in [-0.15, -0.1) is 0 Å². The van der Waals surface area contributed by atoms with Gasteiger partial charge in [0.2, 0.25) is 5.91 Å². The molecule has 128 valence electrons. The maximum atomic E-state index is 12.5. The lowest BCUT2D eigenvalue weighted by molar-refractivity contribution is -0.137. The highest BCUT2D eigenvalue weighted by Gasteiger charge is 2.31. The van der Waals surface area contributed by atoms with Crippen LogP contribution in [0.2, 0.25) is 5.02 Å². The van der Waals surface area contributed by atoms with Crippen LogP contribution in [0.25, 0.3) is 0 Å². The third kappa shape index (κ3) is 4.86. The second-order valence-electron chi connectivity index (χ2n) is 4.87. The first-order valence-corrected chi connectivity index (χ1v) is 7.41. The van der Waals surface area contributed by atoms with E-state index >= 15 is 0 Å². The average molecular weight is 359 g/mol. The van der Waals surface area contributed by atoms with Gasteiger partial charge in [0, 0.05) is 18.3 Å². The molecule has 0 radical (unpaired) electrons. The molecule has 1 heterocycles. The summed E-state index contributed by atoms with van der Waals surface area (Å²) < 4.78 is 43.1. The van der Waals surface area contributed by atoms with E-state index in [0.29, 0.717) is 24.1 Å². The molecule has 0 atom stereocenters. The standard InChI is InChI=1S/C16H14ClF3N2O2/c1-2-15(23)22-11-3-5-12(6-4-11)24-9-14-13(17)7-10(8-21-14)16(18,19)20/h3-8H,2,9H2,1H3,(H,22,23). The molecule has 24 heavy (non-hydrogen) atoms. The number of carbonyl (C=O) groups is 1. The average Bonchev–Trinajstić information content (AvgIpc) is 2.54. The summed E-state index contributed by atoms with van der Waals surface area (Å²) in [6.45, 7) is 1.67. The third-order valence-electron chi connectivity index (χ3n) is 3.08. The predicted molar refractivity (Wildman–Crippen MR) is 83.9 cm³/mol. The molecule has 1 aromatic carbocycles. The maximum absolute atomic E-state index is 12.5. The first-order valence-electron chi connectivity index (χ1n) is 7.04. The molecule has 2 rings (SSSR count). The van der Waals surface area contributed by atoms with Gasteiger partial charge in [-0.3, -0.25) is 9.78 Å². The summed E-state index contributed by atoms with van der Waals surface area (Å²) in [5.74, 6) is 0.367. The number of nitrogens with one attached hydrogen (secondary N) is 1. The van der Waals surface area contributed by atoms with Crippen LogP contribution in [0.5, 0.6) is 5.75 Å². The summed E-state index contributed by atoms with van der Waals surface area (Å²) in [6.07, 6.45) is -3.40. The van der Waals surface area contributed by atoms with Crippen molar-refractivity contribution in [3.63, 3.8) is 0 Å². The molecule has 1 aromatic heterocycles. The Bertz CT molecular complexity index is 718. The molecular weight excluding hydrogens is 345 g/mol. The molecule has 0 unspecified atom stereocenters. The zero-order valence-electron chi connectivity index (χ0n) is 12.7. The zero-order chi connectivity index (χ0) is 17.7. The van der Waals surface area contributed by atoms with Crippen LogP contribution in [0, 0.1) is 0 Å². The molecule has 0 spiro atoms. The van der Waals surface area contributed by atoms with Crippen molar-refractivity contribution >= 4 is 23.2 Å². The van der Waals surface area contributed by atoms with Crippen LogP contribution in [0.15, 0.2) is 36.5 Å². The van der Waals surface area contributed by atoms with E-state index in [1.54, 1.807) is 31.2 Å². The Morgan fingerprint density at radius 2 is 1.96 bits per heavy atom. The van der Waals surface area contributed by atoms with Gasteiger partial charge < -0.3 is 10.1 Å². The minimum absolute atomic E-state index is 0.0718. The number of carbonyl (C=O) groups excluding carboxylic acids is 1. The normalized spacial score (nSPS) is 11.2. The highest BCUT2D eigenvalue weighted by Crippen LogP contribution is 2.31. The summed E-state index contributed by atoms with van der Waals surface area (Å²) in [7, 11) is 0. The second-order valence-corrected chi connectivity index (χ2v) is 5.27. The van der Waals surface area contributed by atoms with Crippen molar-refractivity contribution in [2.45, 2.75) is 26.1 Å². The van der Waals surface area contributed by atoms with Crippen molar-refractivity contribution < 1.29 is 22.7 Å². The van der Waals surface area contributed by atoms with Gasteiger partial charge in [-0.1, -0.05) is 18.5 Å². The third-order valence-corrected chi connectivity index (χ3v) is 3.41. The van der Waals surface area contributed by atoms with Crippen molar-refractivity contribution in [1.29, 1.82) is 0 Å². The Balaban J connectivity index is 1.99. The lowest BCUT2D eigenvalue weighted by Crippen LogP contribution is -2.09. The van der Waals surface area contributed by atoms with Crippen LogP contribution in [0.4, 0.5) is 18.9 Å². The monoisotopic (exact) mass is 358 g/mol. The molecule has 0 fully saturated rings. The van der Waals surface area contributed by atoms with Crippen molar-refractivity contribution in [2.24, 2.45) is 0 Å². The van der Waals surface area contributed by atoms with E-state index in [1.165, 1.54) is 0 Å². The van der Waals surface area contributed by atoms with Crippen molar-refractivity contribution in [1.82, 2.24) is 4.98 Å². The topological polar surface area (TPSA) is 51.2 Å². The molecule has 1 N–H and O–H groups in total. The van der Waals surface area contributed by atoms with Gasteiger partial charge >= 0.3 is 6.18 Å². The number of hydrogen-bond acceptors (Lipinski definition) is 3. The van der Waals surface area contributed by atoms with E-state index in [1.807, 2.05) is 0 Å². The van der Waals surface area contributed by atoms with Crippen LogP contribution in [-0.4, -0.2) is 10.9 Å². The fourth-order valence-corrected chi connectivity index (χ4v) is 1.98. The van der Waals surface area contributed by atoms with Gasteiger partial charge in [0.1, 0.15) is 12.4 Å². The molecule has 0 saturated heterocycles. The Morgan fingerprint density at radius 1 is 1.29 bits per heavy atom. The molecule has 0 aliphatic heterocycles. The molecule has 2 aromatic rings. The number of ether oxygens (including phenoxy) is 1. The zero-order valence-corrected chi connectivity index (χ0v) is 13.4. The smallest absolute Gasteiger partial charge is 0.417 e. The van der Waals surface area contributed by atoms with Crippen LogP contribution in [0.3, 0.4) is 0 Å². The number of anilines is 1. The highest BCUT2D eigenvalue weighted by molar-refractivity contribution is 6.31. The van der Waals surface area contributed by atoms with Crippen molar-refractivity contribution in [2.75, 3.05) is 5.32 Å². The van der Waals surface area contributed by atoms with Crippen LogP contribution in [0.1, 0.15) is 24.6 Å². The maximum Gasteiger partial charge on any atom is 0.417 e. The number of aromatic nitrogens is 1. The Hall–Kier alpha value is -2.28. The lowest BCUT2D eigenvalue weighted by Gasteiger charge is -2.11. The number of amides is 1. The highest BCUT2D eigenvalue weighted by atomic mass is 35.5. The molecule has 1 amide bonds. The van der Waals surface area contributed by atoms with Crippen LogP contribution < -0.4 is 10.1 Å². The van der Waals surface area contributed by atoms with E-state index < -0.39 is 11.7 Å². The number of hydrogen-bond donors (Lipinski definition) is 1. The summed E-state index contributed by atoms with van der Waals surface area (Å²) in [4.78, 5) is 15.0. The molecule has 0 aliphatic carbocycles. The minimum atomic E-state index is -4.49. The second kappa shape index (κ2) is 7.53. The number of nitrogens with zero attached hydrogens (tertiary/aromatic N) is 1. The van der Waals surface area contributed by atoms with Gasteiger partial charge in [0.15, 0.2) is 0 Å². The number of rotatable bonds is 5. The van der Waals surface area contributed by atoms with E-state index in [-0.39, 0.29) is 23.2 Å². The van der Waals surface area contributed by atoms with Gasteiger partial charge in [-0.25, -0.2) is 0 Å².